The van der Waals surface area contributed by atoms with Gasteiger partial charge in [-0.05, 0) is 30.2 Å². The standard InChI is InChI=1S/C12H12F3NO/c1-3-8-7-16(17-2)11-5-4-9(6-10(8)11)12(13,14)15/h4-7H,3H2,1-2H3. The van der Waals surface area contributed by atoms with E-state index in [-0.39, 0.29) is 0 Å². The summed E-state index contributed by atoms with van der Waals surface area (Å²) in [6, 6.07) is 3.67. The number of nitrogens with zero attached hydrogens (tertiary/aromatic N) is 1. The molecular formula is C12H12F3NO. The Labute approximate surface area is 96.6 Å². The van der Waals surface area contributed by atoms with E-state index in [1.807, 2.05) is 6.92 Å². The van der Waals surface area contributed by atoms with E-state index in [1.165, 1.54) is 24.0 Å². The van der Waals surface area contributed by atoms with Crippen molar-refractivity contribution in [1.29, 1.82) is 0 Å². The molecule has 2 aromatic rings. The highest BCUT2D eigenvalue weighted by Gasteiger charge is 2.30. The predicted octanol–water partition coefficient (Wildman–Crippen LogP) is 3.28. The van der Waals surface area contributed by atoms with Crippen LogP contribution in [0.25, 0.3) is 10.9 Å². The van der Waals surface area contributed by atoms with Crippen molar-refractivity contribution in [2.45, 2.75) is 19.5 Å². The zero-order valence-electron chi connectivity index (χ0n) is 9.51. The molecule has 1 heterocycles. The molecule has 0 aliphatic rings. The number of benzene rings is 1. The summed E-state index contributed by atoms with van der Waals surface area (Å²) >= 11 is 0. The molecule has 0 spiro atoms. The first-order valence-electron chi connectivity index (χ1n) is 5.23. The lowest BCUT2D eigenvalue weighted by Gasteiger charge is -2.07. The number of aromatic nitrogens is 1. The van der Waals surface area contributed by atoms with E-state index in [0.717, 1.165) is 11.6 Å². The van der Waals surface area contributed by atoms with Gasteiger partial charge in [0.25, 0.3) is 0 Å². The second kappa shape index (κ2) is 3.98. The molecule has 17 heavy (non-hydrogen) atoms. The number of halogens is 3. The van der Waals surface area contributed by atoms with E-state index in [9.17, 15) is 13.2 Å². The van der Waals surface area contributed by atoms with Crippen LogP contribution in [0.15, 0.2) is 24.4 Å². The van der Waals surface area contributed by atoms with Gasteiger partial charge in [0.05, 0.1) is 11.1 Å². The summed E-state index contributed by atoms with van der Waals surface area (Å²) in [6.07, 6.45) is -1.94. The Morgan fingerprint density at radius 2 is 2.00 bits per heavy atom. The molecule has 0 N–H and O–H groups in total. The Morgan fingerprint density at radius 3 is 2.53 bits per heavy atom. The van der Waals surface area contributed by atoms with Crippen molar-refractivity contribution in [2.24, 2.45) is 0 Å². The molecule has 2 nitrogen and oxygen atoms in total. The van der Waals surface area contributed by atoms with Crippen molar-refractivity contribution >= 4 is 10.9 Å². The molecule has 0 unspecified atom stereocenters. The summed E-state index contributed by atoms with van der Waals surface area (Å²) in [4.78, 5) is 5.07. The van der Waals surface area contributed by atoms with Crippen LogP contribution in [-0.4, -0.2) is 11.8 Å². The van der Waals surface area contributed by atoms with Crippen LogP contribution in [0, 0.1) is 0 Å². The maximum absolute atomic E-state index is 12.6. The number of hydrogen-bond acceptors (Lipinski definition) is 1. The fourth-order valence-electron chi connectivity index (χ4n) is 1.88. The van der Waals surface area contributed by atoms with Crippen LogP contribution >= 0.6 is 0 Å². The van der Waals surface area contributed by atoms with Gasteiger partial charge in [-0.2, -0.15) is 17.9 Å². The first kappa shape index (κ1) is 11.8. The Balaban J connectivity index is 2.68. The number of fused-ring (bicyclic) bond motifs is 1. The molecule has 2 rings (SSSR count). The van der Waals surface area contributed by atoms with Crippen molar-refractivity contribution in [2.75, 3.05) is 7.11 Å². The summed E-state index contributed by atoms with van der Waals surface area (Å²) in [5.74, 6) is 0. The molecule has 0 aliphatic carbocycles. The summed E-state index contributed by atoms with van der Waals surface area (Å²) < 4.78 is 39.3. The Kier molecular flexibility index (Phi) is 2.77. The normalized spacial score (nSPS) is 12.1. The first-order valence-corrected chi connectivity index (χ1v) is 5.23. The molecule has 5 heteroatoms. The van der Waals surface area contributed by atoms with Crippen molar-refractivity contribution < 1.29 is 18.0 Å². The Hall–Kier alpha value is -1.65. The fourth-order valence-corrected chi connectivity index (χ4v) is 1.88. The highest BCUT2D eigenvalue weighted by Crippen LogP contribution is 2.32. The minimum Gasteiger partial charge on any atom is -0.417 e. The third-order valence-corrected chi connectivity index (χ3v) is 2.76. The molecule has 1 aromatic heterocycles. The van der Waals surface area contributed by atoms with E-state index >= 15 is 0 Å². The minimum atomic E-state index is -4.31. The van der Waals surface area contributed by atoms with Crippen LogP contribution in [0.4, 0.5) is 13.2 Å². The maximum atomic E-state index is 12.6. The third kappa shape index (κ3) is 1.97. The van der Waals surface area contributed by atoms with Crippen LogP contribution in [0.3, 0.4) is 0 Å². The summed E-state index contributed by atoms with van der Waals surface area (Å²) in [5.41, 5.74) is 0.860. The number of rotatable bonds is 2. The van der Waals surface area contributed by atoms with Gasteiger partial charge in [-0.25, -0.2) is 0 Å². The van der Waals surface area contributed by atoms with E-state index in [0.29, 0.717) is 17.3 Å². The number of aryl methyl sites for hydroxylation is 1. The molecule has 0 bridgehead atoms. The Morgan fingerprint density at radius 1 is 1.29 bits per heavy atom. The van der Waals surface area contributed by atoms with Crippen LogP contribution in [-0.2, 0) is 12.6 Å². The van der Waals surface area contributed by atoms with Crippen LogP contribution in [0.5, 0.6) is 0 Å². The lowest BCUT2D eigenvalue weighted by Crippen LogP contribution is -2.05. The van der Waals surface area contributed by atoms with Gasteiger partial charge in [0.15, 0.2) is 0 Å². The van der Waals surface area contributed by atoms with Gasteiger partial charge < -0.3 is 4.84 Å². The average molecular weight is 243 g/mol. The van der Waals surface area contributed by atoms with E-state index in [2.05, 4.69) is 0 Å². The van der Waals surface area contributed by atoms with Crippen molar-refractivity contribution in [1.82, 2.24) is 4.73 Å². The molecule has 0 saturated heterocycles. The lowest BCUT2D eigenvalue weighted by molar-refractivity contribution is -0.137. The van der Waals surface area contributed by atoms with Crippen LogP contribution in [0.1, 0.15) is 18.1 Å². The van der Waals surface area contributed by atoms with E-state index in [1.54, 1.807) is 6.20 Å². The molecule has 0 atom stereocenters. The molecule has 1 aromatic carbocycles. The first-order chi connectivity index (χ1) is 7.97. The molecule has 0 fully saturated rings. The highest BCUT2D eigenvalue weighted by molar-refractivity contribution is 5.84. The third-order valence-electron chi connectivity index (χ3n) is 2.76. The van der Waals surface area contributed by atoms with Gasteiger partial charge in [-0.1, -0.05) is 6.92 Å². The molecule has 0 saturated carbocycles. The van der Waals surface area contributed by atoms with E-state index in [4.69, 9.17) is 4.84 Å². The highest BCUT2D eigenvalue weighted by atomic mass is 19.4. The predicted molar refractivity (Wildman–Crippen MR) is 58.8 cm³/mol. The minimum absolute atomic E-state index is 0.587. The van der Waals surface area contributed by atoms with Crippen molar-refractivity contribution in [3.8, 4) is 0 Å². The van der Waals surface area contributed by atoms with Crippen LogP contribution in [0.2, 0.25) is 0 Å². The molecule has 92 valence electrons. The fraction of sp³-hybridized carbons (Fsp3) is 0.333. The van der Waals surface area contributed by atoms with E-state index < -0.39 is 11.7 Å². The van der Waals surface area contributed by atoms with Gasteiger partial charge in [0, 0.05) is 11.6 Å². The van der Waals surface area contributed by atoms with Gasteiger partial charge in [-0.15, -0.1) is 0 Å². The van der Waals surface area contributed by atoms with Gasteiger partial charge in [0.2, 0.25) is 0 Å². The monoisotopic (exact) mass is 243 g/mol. The topological polar surface area (TPSA) is 14.2 Å². The molecular weight excluding hydrogens is 231 g/mol. The zero-order valence-corrected chi connectivity index (χ0v) is 9.51. The maximum Gasteiger partial charge on any atom is 0.416 e. The van der Waals surface area contributed by atoms with Crippen molar-refractivity contribution in [3.63, 3.8) is 0 Å². The largest absolute Gasteiger partial charge is 0.417 e. The second-order valence-electron chi connectivity index (χ2n) is 3.75. The Bertz CT molecular complexity index is 542. The smallest absolute Gasteiger partial charge is 0.416 e. The van der Waals surface area contributed by atoms with Gasteiger partial charge >= 0.3 is 6.18 Å². The lowest BCUT2D eigenvalue weighted by atomic mass is 10.1. The quantitative estimate of drug-likeness (QED) is 0.789. The van der Waals surface area contributed by atoms with Crippen molar-refractivity contribution in [3.05, 3.63) is 35.5 Å². The summed E-state index contributed by atoms with van der Waals surface area (Å²) in [6.45, 7) is 1.90. The van der Waals surface area contributed by atoms with Crippen LogP contribution < -0.4 is 4.84 Å². The van der Waals surface area contributed by atoms with Gasteiger partial charge in [-0.3, -0.25) is 0 Å². The van der Waals surface area contributed by atoms with Gasteiger partial charge in [0.1, 0.15) is 7.11 Å². The zero-order chi connectivity index (χ0) is 12.6. The molecule has 0 radical (unpaired) electrons. The SMILES string of the molecule is CCc1cn(OC)c2ccc(C(F)(F)F)cc12. The second-order valence-corrected chi connectivity index (χ2v) is 3.75. The average Bonchev–Trinajstić information content (AvgIpc) is 2.64. The summed E-state index contributed by atoms with van der Waals surface area (Å²) in [5, 5.41) is 0.587. The summed E-state index contributed by atoms with van der Waals surface area (Å²) in [7, 11) is 1.48. The molecule has 0 aliphatic heterocycles. The number of hydrogen-bond donors (Lipinski definition) is 0. The number of alkyl halides is 3. The molecule has 0 amide bonds.